The van der Waals surface area contributed by atoms with Crippen molar-refractivity contribution in [1.82, 2.24) is 0 Å². The average Bonchev–Trinajstić information content (AvgIpc) is 2.59. The summed E-state index contributed by atoms with van der Waals surface area (Å²) in [4.78, 5) is 11.2. The fourth-order valence-corrected chi connectivity index (χ4v) is 2.96. The second-order valence-electron chi connectivity index (χ2n) is 7.39. The average molecular weight is 355 g/mol. The van der Waals surface area contributed by atoms with Crippen LogP contribution in [0.15, 0.2) is 12.2 Å². The van der Waals surface area contributed by atoms with Crippen LogP contribution in [-0.2, 0) is 9.53 Å². The van der Waals surface area contributed by atoms with E-state index in [2.05, 4.69) is 13.5 Å². The van der Waals surface area contributed by atoms with Gasteiger partial charge in [0, 0.05) is 5.57 Å². The lowest BCUT2D eigenvalue weighted by Crippen LogP contribution is -2.06. The van der Waals surface area contributed by atoms with Gasteiger partial charge in [-0.3, -0.25) is 0 Å². The van der Waals surface area contributed by atoms with Crippen LogP contribution < -0.4 is 0 Å². The molecule has 3 heteroatoms. The highest BCUT2D eigenvalue weighted by atomic mass is 16.5. The molecule has 0 bridgehead atoms. The van der Waals surface area contributed by atoms with Crippen LogP contribution in [0.4, 0.5) is 0 Å². The number of carbonyl (C=O) groups is 1. The number of hydrogen-bond acceptors (Lipinski definition) is 3. The van der Waals surface area contributed by atoms with E-state index in [9.17, 15) is 9.90 Å². The highest BCUT2D eigenvalue weighted by Gasteiger charge is 2.04. The number of carbonyl (C=O) groups excluding carboxylic acids is 1. The van der Waals surface area contributed by atoms with Gasteiger partial charge in [0.05, 0.1) is 12.7 Å². The number of rotatable bonds is 18. The molecule has 0 saturated heterocycles. The number of aliphatic hydroxyl groups is 1. The zero-order valence-corrected chi connectivity index (χ0v) is 16.9. The molecule has 1 N–H and O–H groups in total. The molecule has 0 aromatic rings. The third kappa shape index (κ3) is 17.8. The molecule has 0 aliphatic carbocycles. The summed E-state index contributed by atoms with van der Waals surface area (Å²) in [6, 6.07) is 0. The van der Waals surface area contributed by atoms with Crippen molar-refractivity contribution in [3.63, 3.8) is 0 Å². The quantitative estimate of drug-likeness (QED) is 0.177. The first kappa shape index (κ1) is 24.2. The Kier molecular flexibility index (Phi) is 17.4. The number of aliphatic hydroxyl groups excluding tert-OH is 1. The van der Waals surface area contributed by atoms with Crippen LogP contribution in [-0.4, -0.2) is 23.8 Å². The number of ether oxygens (including phenoxy) is 1. The second kappa shape index (κ2) is 18.0. The van der Waals surface area contributed by atoms with Crippen molar-refractivity contribution in [2.45, 2.75) is 116 Å². The Bertz CT molecular complexity index is 325. The molecule has 1 unspecified atom stereocenters. The summed E-state index contributed by atoms with van der Waals surface area (Å²) in [6.07, 6.45) is 17.8. The van der Waals surface area contributed by atoms with Gasteiger partial charge in [0.25, 0.3) is 0 Å². The minimum atomic E-state index is -0.272. The normalized spacial score (nSPS) is 12.1. The summed E-state index contributed by atoms with van der Waals surface area (Å²) in [5, 5.41) is 9.92. The van der Waals surface area contributed by atoms with Gasteiger partial charge in [-0.05, 0) is 26.2 Å². The van der Waals surface area contributed by atoms with E-state index in [4.69, 9.17) is 4.74 Å². The predicted molar refractivity (Wildman–Crippen MR) is 107 cm³/mol. The third-order valence-electron chi connectivity index (χ3n) is 4.65. The molecule has 25 heavy (non-hydrogen) atoms. The zero-order chi connectivity index (χ0) is 18.8. The first-order valence-electron chi connectivity index (χ1n) is 10.6. The number of hydrogen-bond donors (Lipinski definition) is 1. The maximum Gasteiger partial charge on any atom is 0.333 e. The molecule has 148 valence electrons. The molecule has 0 aliphatic heterocycles. The molecule has 0 aromatic carbocycles. The lowest BCUT2D eigenvalue weighted by Gasteiger charge is -2.10. The van der Waals surface area contributed by atoms with E-state index in [-0.39, 0.29) is 12.1 Å². The summed E-state index contributed by atoms with van der Waals surface area (Å²) < 4.78 is 5.07. The van der Waals surface area contributed by atoms with E-state index < -0.39 is 0 Å². The molecule has 0 amide bonds. The lowest BCUT2D eigenvalue weighted by molar-refractivity contribution is -0.139. The molecule has 0 rings (SSSR count). The molecule has 1 atom stereocenters. The van der Waals surface area contributed by atoms with Gasteiger partial charge in [-0.25, -0.2) is 4.79 Å². The summed E-state index contributed by atoms with van der Waals surface area (Å²) in [6.45, 7) is 7.98. The van der Waals surface area contributed by atoms with Crippen LogP contribution in [0, 0.1) is 0 Å². The second-order valence-corrected chi connectivity index (χ2v) is 7.39. The van der Waals surface area contributed by atoms with Gasteiger partial charge in [0.1, 0.15) is 0 Å². The summed E-state index contributed by atoms with van der Waals surface area (Å²) in [7, 11) is 0. The van der Waals surface area contributed by atoms with Gasteiger partial charge < -0.3 is 9.84 Å². The molecule has 0 spiro atoms. The molecule has 0 radical (unpaired) electrons. The fraction of sp³-hybridized carbons (Fsp3) is 0.864. The molecule has 0 heterocycles. The van der Waals surface area contributed by atoms with Gasteiger partial charge in [-0.1, -0.05) is 90.6 Å². The summed E-state index contributed by atoms with van der Waals surface area (Å²) >= 11 is 0. The minimum absolute atomic E-state index is 0.0733. The van der Waals surface area contributed by atoms with Gasteiger partial charge in [-0.2, -0.15) is 0 Å². The van der Waals surface area contributed by atoms with Gasteiger partial charge in [-0.15, -0.1) is 0 Å². The first-order valence-corrected chi connectivity index (χ1v) is 10.6. The van der Waals surface area contributed by atoms with Crippen molar-refractivity contribution < 1.29 is 14.6 Å². The monoisotopic (exact) mass is 354 g/mol. The standard InChI is InChI=1S/C22H42O3/c1-4-5-6-14-17-21(23)18-15-12-10-8-7-9-11-13-16-19-25-22(24)20(2)3/h21,23H,2,4-19H2,1,3H3. The van der Waals surface area contributed by atoms with E-state index in [1.54, 1.807) is 6.92 Å². The molecule has 0 fully saturated rings. The number of esters is 1. The molecule has 3 nitrogen and oxygen atoms in total. The van der Waals surface area contributed by atoms with Crippen molar-refractivity contribution in [2.24, 2.45) is 0 Å². The van der Waals surface area contributed by atoms with E-state index in [1.807, 2.05) is 0 Å². The molecular weight excluding hydrogens is 312 g/mol. The Morgan fingerprint density at radius 1 is 0.840 bits per heavy atom. The van der Waals surface area contributed by atoms with Gasteiger partial charge in [0.2, 0.25) is 0 Å². The van der Waals surface area contributed by atoms with Crippen molar-refractivity contribution in [1.29, 1.82) is 0 Å². The Morgan fingerprint density at radius 2 is 1.28 bits per heavy atom. The number of unbranched alkanes of at least 4 members (excludes halogenated alkanes) is 11. The van der Waals surface area contributed by atoms with E-state index >= 15 is 0 Å². The van der Waals surface area contributed by atoms with Crippen LogP contribution in [0.1, 0.15) is 110 Å². The van der Waals surface area contributed by atoms with E-state index in [1.165, 1.54) is 70.6 Å². The largest absolute Gasteiger partial charge is 0.462 e. The van der Waals surface area contributed by atoms with Gasteiger partial charge in [0.15, 0.2) is 0 Å². The van der Waals surface area contributed by atoms with Crippen LogP contribution in [0.2, 0.25) is 0 Å². The predicted octanol–water partition coefficient (Wildman–Crippen LogP) is 6.34. The van der Waals surface area contributed by atoms with Crippen molar-refractivity contribution in [2.75, 3.05) is 6.61 Å². The highest BCUT2D eigenvalue weighted by Crippen LogP contribution is 2.14. The lowest BCUT2D eigenvalue weighted by atomic mass is 10.0. The summed E-state index contributed by atoms with van der Waals surface area (Å²) in [5.41, 5.74) is 0.476. The van der Waals surface area contributed by atoms with Crippen molar-refractivity contribution in [3.05, 3.63) is 12.2 Å². The Balaban J connectivity index is 3.18. The SMILES string of the molecule is C=C(C)C(=O)OCCCCCCCCCCCC(O)CCCCCC. The first-order chi connectivity index (χ1) is 12.1. The third-order valence-corrected chi connectivity index (χ3v) is 4.65. The zero-order valence-electron chi connectivity index (χ0n) is 16.9. The van der Waals surface area contributed by atoms with Gasteiger partial charge >= 0.3 is 5.97 Å². The van der Waals surface area contributed by atoms with Crippen LogP contribution >= 0.6 is 0 Å². The van der Waals surface area contributed by atoms with E-state index in [0.29, 0.717) is 12.2 Å². The molecule has 0 saturated carbocycles. The van der Waals surface area contributed by atoms with E-state index in [0.717, 1.165) is 25.7 Å². The Hall–Kier alpha value is -0.830. The smallest absolute Gasteiger partial charge is 0.333 e. The van der Waals surface area contributed by atoms with Crippen molar-refractivity contribution >= 4 is 5.97 Å². The maximum atomic E-state index is 11.2. The molecule has 0 aliphatic rings. The highest BCUT2D eigenvalue weighted by molar-refractivity contribution is 5.86. The topological polar surface area (TPSA) is 46.5 Å². The minimum Gasteiger partial charge on any atom is -0.462 e. The van der Waals surface area contributed by atoms with Crippen LogP contribution in [0.3, 0.4) is 0 Å². The Labute approximate surface area is 156 Å². The fourth-order valence-electron chi connectivity index (χ4n) is 2.96. The molecule has 0 aromatic heterocycles. The van der Waals surface area contributed by atoms with Crippen molar-refractivity contribution in [3.8, 4) is 0 Å². The maximum absolute atomic E-state index is 11.2. The molecular formula is C22H42O3. The summed E-state index contributed by atoms with van der Waals surface area (Å²) in [5.74, 6) is -0.272. The Morgan fingerprint density at radius 3 is 1.76 bits per heavy atom. The van der Waals surface area contributed by atoms with Crippen LogP contribution in [0.25, 0.3) is 0 Å². The van der Waals surface area contributed by atoms with Crippen LogP contribution in [0.5, 0.6) is 0 Å².